The Kier molecular flexibility index (Phi) is 4.74. The summed E-state index contributed by atoms with van der Waals surface area (Å²) in [5, 5.41) is 16.1. The standard InChI is InChI=1S/C20H23N7O/c1-3-26-20(28)25(2)17-13-22-19(23-15-8-6-7-14(11-15)12-21)24-18(17)27(26)16-9-4-5-10-16/h6-8,11,13,16H,3-5,9-10H2,1-2H3,(H,22,23,24). The van der Waals surface area contributed by atoms with Crippen molar-refractivity contribution in [1.29, 1.82) is 5.26 Å². The van der Waals surface area contributed by atoms with Gasteiger partial charge in [0.25, 0.3) is 0 Å². The molecule has 2 aliphatic rings. The molecule has 8 heteroatoms. The van der Waals surface area contributed by atoms with Crippen molar-refractivity contribution in [2.75, 3.05) is 28.8 Å². The Labute approximate surface area is 164 Å². The van der Waals surface area contributed by atoms with Crippen LogP contribution in [0.5, 0.6) is 0 Å². The molecular formula is C20H23N7O. The number of benzene rings is 1. The van der Waals surface area contributed by atoms with Gasteiger partial charge in [0.1, 0.15) is 5.69 Å². The maximum absolute atomic E-state index is 12.8. The molecule has 1 aromatic carbocycles. The van der Waals surface area contributed by atoms with Crippen LogP contribution in [-0.2, 0) is 0 Å². The summed E-state index contributed by atoms with van der Waals surface area (Å²) in [6, 6.07) is 9.52. The maximum atomic E-state index is 12.8. The zero-order valence-corrected chi connectivity index (χ0v) is 16.1. The van der Waals surface area contributed by atoms with Crippen molar-refractivity contribution in [3.05, 3.63) is 36.0 Å². The van der Waals surface area contributed by atoms with Crippen LogP contribution in [-0.4, -0.2) is 40.6 Å². The van der Waals surface area contributed by atoms with Crippen LogP contribution in [0, 0.1) is 11.3 Å². The Morgan fingerprint density at radius 2 is 2.11 bits per heavy atom. The lowest BCUT2D eigenvalue weighted by Crippen LogP contribution is -2.59. The molecule has 1 saturated carbocycles. The number of nitriles is 1. The van der Waals surface area contributed by atoms with Gasteiger partial charge in [-0.2, -0.15) is 10.2 Å². The molecule has 2 heterocycles. The molecule has 1 aliphatic heterocycles. The third-order valence-corrected chi connectivity index (χ3v) is 5.31. The summed E-state index contributed by atoms with van der Waals surface area (Å²) in [6.45, 7) is 2.56. The normalized spacial score (nSPS) is 16.9. The maximum Gasteiger partial charge on any atom is 0.343 e. The number of carbonyl (C=O) groups excluding carboxylic acids is 1. The van der Waals surface area contributed by atoms with Gasteiger partial charge in [-0.05, 0) is 38.0 Å². The quantitative estimate of drug-likeness (QED) is 0.875. The average Bonchev–Trinajstić information content (AvgIpc) is 3.25. The van der Waals surface area contributed by atoms with Gasteiger partial charge in [0.15, 0.2) is 5.82 Å². The Morgan fingerprint density at radius 1 is 1.32 bits per heavy atom. The van der Waals surface area contributed by atoms with E-state index in [0.717, 1.165) is 37.2 Å². The van der Waals surface area contributed by atoms with Crippen LogP contribution in [0.3, 0.4) is 0 Å². The van der Waals surface area contributed by atoms with Gasteiger partial charge in [-0.1, -0.05) is 18.9 Å². The van der Waals surface area contributed by atoms with E-state index in [1.54, 1.807) is 35.3 Å². The molecule has 0 spiro atoms. The minimum atomic E-state index is -0.0621. The first-order valence-electron chi connectivity index (χ1n) is 9.61. The number of urea groups is 1. The summed E-state index contributed by atoms with van der Waals surface area (Å²) in [5.41, 5.74) is 2.02. The molecule has 0 atom stereocenters. The van der Waals surface area contributed by atoms with Crippen molar-refractivity contribution in [3.63, 3.8) is 0 Å². The molecule has 0 saturated heterocycles. The smallest absolute Gasteiger partial charge is 0.324 e. The van der Waals surface area contributed by atoms with Gasteiger partial charge in [-0.3, -0.25) is 9.91 Å². The highest BCUT2D eigenvalue weighted by atomic mass is 16.2. The second-order valence-electron chi connectivity index (χ2n) is 7.06. The monoisotopic (exact) mass is 377 g/mol. The Bertz CT molecular complexity index is 932. The largest absolute Gasteiger partial charge is 0.343 e. The SMILES string of the molecule is CCN1C(=O)N(C)c2cnc(Nc3cccc(C#N)c3)nc2N1C1CCCC1. The number of rotatable bonds is 4. The van der Waals surface area contributed by atoms with Crippen molar-refractivity contribution in [2.45, 2.75) is 38.6 Å². The molecule has 1 aromatic heterocycles. The molecule has 8 nitrogen and oxygen atoms in total. The molecule has 2 amide bonds. The summed E-state index contributed by atoms with van der Waals surface area (Å²) in [6.07, 6.45) is 6.10. The fraction of sp³-hybridized carbons (Fsp3) is 0.400. The highest BCUT2D eigenvalue weighted by Gasteiger charge is 2.39. The summed E-state index contributed by atoms with van der Waals surface area (Å²) in [4.78, 5) is 23.6. The van der Waals surface area contributed by atoms with Crippen LogP contribution >= 0.6 is 0 Å². The zero-order valence-electron chi connectivity index (χ0n) is 16.1. The third kappa shape index (κ3) is 3.09. The number of fused-ring (bicyclic) bond motifs is 1. The summed E-state index contributed by atoms with van der Waals surface area (Å²) in [7, 11) is 1.75. The Hall–Kier alpha value is -3.34. The molecule has 0 bridgehead atoms. The number of nitrogens with one attached hydrogen (secondary N) is 1. The molecule has 0 unspecified atom stereocenters. The molecule has 2 aromatic rings. The van der Waals surface area contributed by atoms with E-state index in [1.807, 2.05) is 19.1 Å². The van der Waals surface area contributed by atoms with Crippen LogP contribution in [0.15, 0.2) is 30.5 Å². The molecular weight excluding hydrogens is 354 g/mol. The second kappa shape index (κ2) is 7.35. The van der Waals surface area contributed by atoms with Gasteiger partial charge in [0, 0.05) is 19.3 Å². The average molecular weight is 377 g/mol. The van der Waals surface area contributed by atoms with Crippen molar-refractivity contribution in [2.24, 2.45) is 0 Å². The summed E-state index contributed by atoms with van der Waals surface area (Å²) in [5.74, 6) is 1.18. The first kappa shape index (κ1) is 18.0. The fourth-order valence-corrected chi connectivity index (χ4v) is 3.92. The van der Waals surface area contributed by atoms with E-state index < -0.39 is 0 Å². The molecule has 28 heavy (non-hydrogen) atoms. The molecule has 1 N–H and O–H groups in total. The third-order valence-electron chi connectivity index (χ3n) is 5.31. The van der Waals surface area contributed by atoms with Crippen molar-refractivity contribution >= 4 is 29.2 Å². The Balaban J connectivity index is 1.73. The molecule has 1 aliphatic carbocycles. The number of aromatic nitrogens is 2. The number of hydrogen-bond donors (Lipinski definition) is 1. The first-order valence-corrected chi connectivity index (χ1v) is 9.61. The Morgan fingerprint density at radius 3 is 2.82 bits per heavy atom. The zero-order chi connectivity index (χ0) is 19.7. The minimum Gasteiger partial charge on any atom is -0.324 e. The first-order chi connectivity index (χ1) is 13.6. The predicted molar refractivity (Wildman–Crippen MR) is 107 cm³/mol. The minimum absolute atomic E-state index is 0.0621. The van der Waals surface area contributed by atoms with Gasteiger partial charge in [0.2, 0.25) is 5.95 Å². The van der Waals surface area contributed by atoms with Gasteiger partial charge < -0.3 is 5.32 Å². The van der Waals surface area contributed by atoms with Crippen molar-refractivity contribution in [3.8, 4) is 6.07 Å². The topological polar surface area (TPSA) is 88.4 Å². The van der Waals surface area contributed by atoms with E-state index in [1.165, 1.54) is 0 Å². The summed E-state index contributed by atoms with van der Waals surface area (Å²) >= 11 is 0. The van der Waals surface area contributed by atoms with Gasteiger partial charge in [-0.25, -0.2) is 14.8 Å². The lowest BCUT2D eigenvalue weighted by molar-refractivity contribution is 0.191. The van der Waals surface area contributed by atoms with Gasteiger partial charge in [0.05, 0.1) is 23.9 Å². The predicted octanol–water partition coefficient (Wildman–Crippen LogP) is 3.65. The number of nitrogens with zero attached hydrogens (tertiary/aromatic N) is 6. The van der Waals surface area contributed by atoms with Crippen LogP contribution in [0.1, 0.15) is 38.2 Å². The summed E-state index contributed by atoms with van der Waals surface area (Å²) < 4.78 is 0. The van der Waals surface area contributed by atoms with E-state index in [2.05, 4.69) is 21.4 Å². The van der Waals surface area contributed by atoms with E-state index in [-0.39, 0.29) is 12.1 Å². The van der Waals surface area contributed by atoms with Gasteiger partial charge in [-0.15, -0.1) is 0 Å². The number of carbonyl (C=O) groups is 1. The fourth-order valence-electron chi connectivity index (χ4n) is 3.92. The van der Waals surface area contributed by atoms with E-state index in [4.69, 9.17) is 10.2 Å². The number of hydrogen-bond acceptors (Lipinski definition) is 6. The molecule has 144 valence electrons. The van der Waals surface area contributed by atoms with Crippen LogP contribution < -0.4 is 15.2 Å². The van der Waals surface area contributed by atoms with Crippen LogP contribution in [0.4, 0.5) is 27.9 Å². The lowest BCUT2D eigenvalue weighted by Gasteiger charge is -2.45. The number of amides is 2. The molecule has 1 fully saturated rings. The second-order valence-corrected chi connectivity index (χ2v) is 7.06. The highest BCUT2D eigenvalue weighted by Crippen LogP contribution is 2.38. The highest BCUT2D eigenvalue weighted by molar-refractivity contribution is 5.98. The van der Waals surface area contributed by atoms with Crippen LogP contribution in [0.2, 0.25) is 0 Å². The van der Waals surface area contributed by atoms with Crippen molar-refractivity contribution in [1.82, 2.24) is 15.0 Å². The van der Waals surface area contributed by atoms with E-state index in [9.17, 15) is 4.79 Å². The van der Waals surface area contributed by atoms with Gasteiger partial charge >= 0.3 is 6.03 Å². The van der Waals surface area contributed by atoms with Crippen LogP contribution in [0.25, 0.3) is 0 Å². The number of hydrazine groups is 1. The molecule has 4 rings (SSSR count). The number of anilines is 4. The van der Waals surface area contributed by atoms with E-state index in [0.29, 0.717) is 23.7 Å². The molecule has 0 radical (unpaired) electrons. The lowest BCUT2D eigenvalue weighted by atomic mass is 10.2. The van der Waals surface area contributed by atoms with E-state index >= 15 is 0 Å². The van der Waals surface area contributed by atoms with Crippen molar-refractivity contribution < 1.29 is 4.79 Å².